The minimum Gasteiger partial charge on any atom is -0.437 e. The van der Waals surface area contributed by atoms with Gasteiger partial charge in [-0.05, 0) is 52.9 Å². The highest BCUT2D eigenvalue weighted by Crippen LogP contribution is 2.36. The molecule has 4 heteroatoms. The molecule has 0 radical (unpaired) electrons. The summed E-state index contributed by atoms with van der Waals surface area (Å²) in [6.07, 6.45) is 3.81. The second-order valence-corrected chi connectivity index (χ2v) is 14.8. The molecule has 0 saturated carbocycles. The van der Waals surface area contributed by atoms with Gasteiger partial charge in [0.05, 0.1) is 13.8 Å². The molecule has 0 aliphatic carbocycles. The van der Waals surface area contributed by atoms with Crippen LogP contribution in [-0.4, -0.2) is 18.0 Å². The molecule has 144 valence electrons. The van der Waals surface area contributed by atoms with E-state index in [2.05, 4.69) is 81.6 Å². The topological polar surface area (TPSA) is 38.9 Å². The lowest BCUT2D eigenvalue weighted by molar-refractivity contribution is 0.586. The van der Waals surface area contributed by atoms with E-state index in [-0.39, 0.29) is 5.41 Å². The summed E-state index contributed by atoms with van der Waals surface area (Å²) in [7, 11) is -1.58. The minimum atomic E-state index is -1.58. The molecule has 0 N–H and O–H groups in total. The number of pyridine rings is 2. The van der Waals surface area contributed by atoms with Crippen LogP contribution in [0, 0.1) is 6.92 Å². The molecule has 0 bridgehead atoms. The molecule has 0 atom stereocenters. The summed E-state index contributed by atoms with van der Waals surface area (Å²) in [5.74, 6) is 0. The lowest BCUT2D eigenvalue weighted by Crippen LogP contribution is -2.38. The standard InChI is InChI=1S/C24H28N2OSi/c1-15-10-11-25-19(12-15)17-8-9-20(28(5,6)7)21-18-13-16(24(2,3)4)14-26-23(18)27-22(17)21/h8-14H,1-7H3. The Labute approximate surface area is 167 Å². The summed E-state index contributed by atoms with van der Waals surface area (Å²) in [5, 5.41) is 3.74. The lowest BCUT2D eigenvalue weighted by atomic mass is 9.88. The maximum Gasteiger partial charge on any atom is 0.227 e. The van der Waals surface area contributed by atoms with Gasteiger partial charge in [-0.3, -0.25) is 4.98 Å². The van der Waals surface area contributed by atoms with E-state index in [1.54, 1.807) is 0 Å². The zero-order valence-corrected chi connectivity index (χ0v) is 18.8. The molecule has 0 amide bonds. The fourth-order valence-electron chi connectivity index (χ4n) is 3.69. The second-order valence-electron chi connectivity index (χ2n) is 9.76. The number of aryl methyl sites for hydroxylation is 1. The summed E-state index contributed by atoms with van der Waals surface area (Å²) in [4.78, 5) is 9.30. The Morgan fingerprint density at radius 2 is 1.71 bits per heavy atom. The average Bonchev–Trinajstić information content (AvgIpc) is 2.98. The van der Waals surface area contributed by atoms with Crippen molar-refractivity contribution in [2.24, 2.45) is 0 Å². The summed E-state index contributed by atoms with van der Waals surface area (Å²) in [6.45, 7) is 15.9. The summed E-state index contributed by atoms with van der Waals surface area (Å²) in [6, 6.07) is 10.9. The lowest BCUT2D eigenvalue weighted by Gasteiger charge is -2.20. The van der Waals surface area contributed by atoms with Crippen LogP contribution in [0.1, 0.15) is 31.9 Å². The Hall–Kier alpha value is -2.46. The van der Waals surface area contributed by atoms with Crippen LogP contribution in [0.25, 0.3) is 33.3 Å². The van der Waals surface area contributed by atoms with E-state index in [1.165, 1.54) is 21.7 Å². The molecule has 1 aromatic carbocycles. The van der Waals surface area contributed by atoms with Crippen LogP contribution in [-0.2, 0) is 5.41 Å². The smallest absolute Gasteiger partial charge is 0.227 e. The van der Waals surface area contributed by atoms with E-state index >= 15 is 0 Å². The third kappa shape index (κ3) is 3.16. The number of hydrogen-bond donors (Lipinski definition) is 0. The van der Waals surface area contributed by atoms with Crippen LogP contribution in [0.15, 0.2) is 47.1 Å². The molecule has 0 saturated heterocycles. The number of benzene rings is 1. The first-order valence-corrected chi connectivity index (χ1v) is 13.3. The number of hydrogen-bond acceptors (Lipinski definition) is 3. The third-order valence-electron chi connectivity index (χ3n) is 5.34. The quantitative estimate of drug-likeness (QED) is 0.384. The van der Waals surface area contributed by atoms with E-state index in [0.717, 1.165) is 22.2 Å². The van der Waals surface area contributed by atoms with E-state index in [1.807, 2.05) is 18.5 Å². The molecule has 3 heterocycles. The molecule has 0 spiro atoms. The average molecular weight is 389 g/mol. The van der Waals surface area contributed by atoms with Crippen molar-refractivity contribution >= 4 is 35.3 Å². The molecule has 3 aromatic heterocycles. The molecule has 4 aromatic rings. The number of rotatable bonds is 2. The monoisotopic (exact) mass is 388 g/mol. The van der Waals surface area contributed by atoms with Crippen LogP contribution in [0.4, 0.5) is 0 Å². The van der Waals surface area contributed by atoms with Crippen molar-refractivity contribution in [1.29, 1.82) is 0 Å². The predicted molar refractivity (Wildman–Crippen MR) is 121 cm³/mol. The Morgan fingerprint density at radius 1 is 0.964 bits per heavy atom. The highest BCUT2D eigenvalue weighted by Gasteiger charge is 2.26. The third-order valence-corrected chi connectivity index (χ3v) is 7.38. The van der Waals surface area contributed by atoms with Crippen molar-refractivity contribution in [2.45, 2.75) is 52.8 Å². The molecule has 28 heavy (non-hydrogen) atoms. The van der Waals surface area contributed by atoms with Crippen LogP contribution in [0.2, 0.25) is 19.6 Å². The normalized spacial score (nSPS) is 12.8. The largest absolute Gasteiger partial charge is 0.437 e. The minimum absolute atomic E-state index is 0.0415. The Morgan fingerprint density at radius 3 is 2.36 bits per heavy atom. The van der Waals surface area contributed by atoms with Gasteiger partial charge < -0.3 is 4.42 Å². The van der Waals surface area contributed by atoms with Gasteiger partial charge in [-0.15, -0.1) is 0 Å². The van der Waals surface area contributed by atoms with Crippen molar-refractivity contribution < 1.29 is 4.42 Å². The number of furan rings is 1. The fraction of sp³-hybridized carbons (Fsp3) is 0.333. The molecule has 0 fully saturated rings. The highest BCUT2D eigenvalue weighted by atomic mass is 28.3. The van der Waals surface area contributed by atoms with Gasteiger partial charge in [0.1, 0.15) is 5.58 Å². The number of nitrogens with zero attached hydrogens (tertiary/aromatic N) is 2. The van der Waals surface area contributed by atoms with Crippen molar-refractivity contribution in [3.05, 3.63) is 53.9 Å². The van der Waals surface area contributed by atoms with Crippen molar-refractivity contribution in [3.8, 4) is 11.3 Å². The van der Waals surface area contributed by atoms with Crippen molar-refractivity contribution in [1.82, 2.24) is 9.97 Å². The van der Waals surface area contributed by atoms with Gasteiger partial charge in [0.15, 0.2) is 0 Å². The van der Waals surface area contributed by atoms with Gasteiger partial charge in [-0.2, -0.15) is 0 Å². The van der Waals surface area contributed by atoms with Gasteiger partial charge in [0.25, 0.3) is 0 Å². The Kier molecular flexibility index (Phi) is 4.23. The Balaban J connectivity index is 2.13. The molecular weight excluding hydrogens is 360 g/mol. The van der Waals surface area contributed by atoms with Crippen LogP contribution < -0.4 is 5.19 Å². The summed E-state index contributed by atoms with van der Waals surface area (Å²) in [5.41, 5.74) is 6.06. The zero-order chi connectivity index (χ0) is 20.3. The van der Waals surface area contributed by atoms with Gasteiger partial charge in [0.2, 0.25) is 5.71 Å². The fourth-order valence-corrected chi connectivity index (χ4v) is 5.27. The van der Waals surface area contributed by atoms with Gasteiger partial charge in [0, 0.05) is 28.7 Å². The maximum atomic E-state index is 6.35. The summed E-state index contributed by atoms with van der Waals surface area (Å²) < 4.78 is 6.35. The molecule has 0 unspecified atom stereocenters. The summed E-state index contributed by atoms with van der Waals surface area (Å²) >= 11 is 0. The molecule has 4 rings (SSSR count). The SMILES string of the molecule is Cc1ccnc(-c2ccc([Si](C)(C)C)c3c2oc2ncc(C(C)(C)C)cc23)c1. The molecule has 0 aliphatic heterocycles. The molecular formula is C24H28N2OSi. The first-order chi connectivity index (χ1) is 13.1. The van der Waals surface area contributed by atoms with Crippen molar-refractivity contribution in [2.75, 3.05) is 0 Å². The van der Waals surface area contributed by atoms with Crippen LogP contribution >= 0.6 is 0 Å². The molecule has 0 aliphatic rings. The van der Waals surface area contributed by atoms with E-state index in [9.17, 15) is 0 Å². The van der Waals surface area contributed by atoms with E-state index < -0.39 is 8.07 Å². The first-order valence-electron chi connectivity index (χ1n) is 9.85. The van der Waals surface area contributed by atoms with Crippen LogP contribution in [0.5, 0.6) is 0 Å². The predicted octanol–water partition coefficient (Wildman–Crippen LogP) is 6.19. The van der Waals surface area contributed by atoms with Crippen LogP contribution in [0.3, 0.4) is 0 Å². The van der Waals surface area contributed by atoms with E-state index in [0.29, 0.717) is 5.71 Å². The first kappa shape index (κ1) is 18.9. The molecule has 3 nitrogen and oxygen atoms in total. The second kappa shape index (κ2) is 6.28. The highest BCUT2D eigenvalue weighted by molar-refractivity contribution is 6.90. The number of fused-ring (bicyclic) bond motifs is 3. The van der Waals surface area contributed by atoms with Gasteiger partial charge >= 0.3 is 0 Å². The number of aromatic nitrogens is 2. The van der Waals surface area contributed by atoms with E-state index in [4.69, 9.17) is 4.42 Å². The zero-order valence-electron chi connectivity index (χ0n) is 17.8. The van der Waals surface area contributed by atoms with Crippen molar-refractivity contribution in [3.63, 3.8) is 0 Å². The maximum absolute atomic E-state index is 6.35. The Bertz CT molecular complexity index is 1190. The van der Waals surface area contributed by atoms with Gasteiger partial charge in [-0.25, -0.2) is 4.98 Å². The van der Waals surface area contributed by atoms with Gasteiger partial charge in [-0.1, -0.05) is 46.5 Å².